The molecule has 14 rings (SSSR count). The highest BCUT2D eigenvalue weighted by molar-refractivity contribution is 5.97. The largest absolute Gasteiger partial charge is 0.228 e. The molecule has 2 aromatic heterocycles. The van der Waals surface area contributed by atoms with Crippen molar-refractivity contribution in [3.8, 4) is 112 Å². The fourth-order valence-electron chi connectivity index (χ4n) is 11.4. The predicted octanol–water partition coefficient (Wildman–Crippen LogP) is 16.9. The first-order valence-corrected chi connectivity index (χ1v) is 24.9. The first-order chi connectivity index (χ1) is 36.2. The van der Waals surface area contributed by atoms with Crippen LogP contribution in [0.25, 0.3) is 112 Å². The number of aromatic nitrogens is 4. The normalized spacial score (nSPS) is 12.5. The molecule has 340 valence electrons. The maximum absolute atomic E-state index is 5.20. The lowest BCUT2D eigenvalue weighted by atomic mass is 9.70. The molecular weight excluding hydrogens is 885 g/mol. The van der Waals surface area contributed by atoms with Crippen molar-refractivity contribution in [2.45, 2.75) is 5.41 Å². The lowest BCUT2D eigenvalue weighted by molar-refractivity contribution is 0.794. The Hall–Kier alpha value is -9.64. The molecule has 73 heavy (non-hydrogen) atoms. The van der Waals surface area contributed by atoms with Crippen LogP contribution in [0.15, 0.2) is 267 Å². The van der Waals surface area contributed by atoms with Gasteiger partial charge in [0.25, 0.3) is 0 Å². The van der Waals surface area contributed by atoms with Crippen LogP contribution in [-0.2, 0) is 5.41 Å². The Morgan fingerprint density at radius 1 is 0.192 bits per heavy atom. The molecule has 0 radical (unpaired) electrons. The van der Waals surface area contributed by atoms with E-state index in [9.17, 15) is 0 Å². The Morgan fingerprint density at radius 2 is 0.493 bits per heavy atom. The lowest BCUT2D eigenvalue weighted by Crippen LogP contribution is -2.26. The number of hydrogen-bond acceptors (Lipinski definition) is 4. The minimum absolute atomic E-state index is 0.553. The fraction of sp³-hybridized carbons (Fsp3) is 0.0145. The molecule has 0 atom stereocenters. The second kappa shape index (κ2) is 17.3. The van der Waals surface area contributed by atoms with Crippen LogP contribution in [0.1, 0.15) is 22.3 Å². The third kappa shape index (κ3) is 7.14. The van der Waals surface area contributed by atoms with Gasteiger partial charge in [-0.05, 0) is 103 Å². The van der Waals surface area contributed by atoms with Crippen LogP contribution in [-0.4, -0.2) is 19.9 Å². The van der Waals surface area contributed by atoms with Gasteiger partial charge >= 0.3 is 0 Å². The summed E-state index contributed by atoms with van der Waals surface area (Å²) in [5.41, 5.74) is 23.9. The number of fused-ring (bicyclic) bond motifs is 10. The van der Waals surface area contributed by atoms with Gasteiger partial charge in [-0.3, -0.25) is 0 Å². The average molecular weight is 929 g/mol. The van der Waals surface area contributed by atoms with E-state index in [-0.39, 0.29) is 0 Å². The topological polar surface area (TPSA) is 51.6 Å². The third-order valence-electron chi connectivity index (χ3n) is 14.7. The Bertz CT molecular complexity index is 3690. The summed E-state index contributed by atoms with van der Waals surface area (Å²) in [6, 6.07) is 95.4. The molecule has 0 N–H and O–H groups in total. The molecule has 0 amide bonds. The summed E-state index contributed by atoms with van der Waals surface area (Å²) in [4.78, 5) is 20.5. The zero-order valence-corrected chi connectivity index (χ0v) is 39.7. The van der Waals surface area contributed by atoms with E-state index in [0.717, 1.165) is 78.4 Å². The van der Waals surface area contributed by atoms with Gasteiger partial charge in [0.15, 0.2) is 11.6 Å². The summed E-state index contributed by atoms with van der Waals surface area (Å²) in [6.45, 7) is 0. The molecule has 0 saturated heterocycles. The predicted molar refractivity (Wildman–Crippen MR) is 297 cm³/mol. The molecule has 2 aliphatic carbocycles. The van der Waals surface area contributed by atoms with Gasteiger partial charge in [0.1, 0.15) is 0 Å². The number of benzene rings is 10. The van der Waals surface area contributed by atoms with Gasteiger partial charge in [0.2, 0.25) is 0 Å². The lowest BCUT2D eigenvalue weighted by Gasteiger charge is -2.31. The van der Waals surface area contributed by atoms with E-state index in [2.05, 4.69) is 218 Å². The van der Waals surface area contributed by atoms with Crippen molar-refractivity contribution in [3.63, 3.8) is 0 Å². The SMILES string of the molecule is c1ccc(-c2cc(-c3cccc(-c4ccc5c(c4)C4(c6ccccc6-c6ccccc64)c4cc(-c6cccc(-c7cc(-c8ccccc8)nc(-c8ccccc8)n7)c6)ccc4-5)c3)nc(-c3ccccc3)n2)cc1. The smallest absolute Gasteiger partial charge is 0.160 e. The van der Waals surface area contributed by atoms with E-state index in [1.165, 1.54) is 44.5 Å². The van der Waals surface area contributed by atoms with Crippen molar-refractivity contribution >= 4 is 0 Å². The maximum atomic E-state index is 5.20. The number of hydrogen-bond donors (Lipinski definition) is 0. The summed E-state index contributed by atoms with van der Waals surface area (Å²) >= 11 is 0. The Balaban J connectivity index is 0.906. The van der Waals surface area contributed by atoms with Gasteiger partial charge in [-0.2, -0.15) is 0 Å². The molecule has 4 heteroatoms. The van der Waals surface area contributed by atoms with Crippen LogP contribution in [0.2, 0.25) is 0 Å². The van der Waals surface area contributed by atoms with Gasteiger partial charge in [0, 0.05) is 33.4 Å². The van der Waals surface area contributed by atoms with E-state index in [1.54, 1.807) is 0 Å². The van der Waals surface area contributed by atoms with Crippen LogP contribution in [0.4, 0.5) is 0 Å². The van der Waals surface area contributed by atoms with E-state index in [4.69, 9.17) is 19.9 Å². The van der Waals surface area contributed by atoms with Crippen molar-refractivity contribution in [2.24, 2.45) is 0 Å². The van der Waals surface area contributed by atoms with Crippen LogP contribution < -0.4 is 0 Å². The molecule has 12 aromatic rings. The monoisotopic (exact) mass is 928 g/mol. The van der Waals surface area contributed by atoms with Crippen LogP contribution in [0, 0.1) is 0 Å². The third-order valence-corrected chi connectivity index (χ3v) is 14.7. The first kappa shape index (κ1) is 42.3. The highest BCUT2D eigenvalue weighted by Crippen LogP contribution is 2.63. The number of rotatable bonds is 8. The van der Waals surface area contributed by atoms with Crippen LogP contribution in [0.5, 0.6) is 0 Å². The molecule has 0 saturated carbocycles. The van der Waals surface area contributed by atoms with Gasteiger partial charge in [0.05, 0.1) is 28.2 Å². The van der Waals surface area contributed by atoms with E-state index in [1.807, 2.05) is 48.5 Å². The first-order valence-electron chi connectivity index (χ1n) is 24.9. The molecule has 2 aliphatic rings. The zero-order valence-electron chi connectivity index (χ0n) is 39.7. The molecule has 0 fully saturated rings. The molecular formula is C69H44N4. The molecule has 2 heterocycles. The van der Waals surface area contributed by atoms with Crippen molar-refractivity contribution < 1.29 is 0 Å². The van der Waals surface area contributed by atoms with Gasteiger partial charge in [-0.25, -0.2) is 19.9 Å². The number of nitrogens with zero attached hydrogens (tertiary/aromatic N) is 4. The van der Waals surface area contributed by atoms with E-state index >= 15 is 0 Å². The maximum Gasteiger partial charge on any atom is 0.160 e. The van der Waals surface area contributed by atoms with Crippen molar-refractivity contribution in [2.75, 3.05) is 0 Å². The van der Waals surface area contributed by atoms with Crippen molar-refractivity contribution in [1.82, 2.24) is 19.9 Å². The second-order valence-corrected chi connectivity index (χ2v) is 18.9. The van der Waals surface area contributed by atoms with Gasteiger partial charge in [-0.1, -0.05) is 231 Å². The second-order valence-electron chi connectivity index (χ2n) is 18.9. The minimum atomic E-state index is -0.553. The van der Waals surface area contributed by atoms with E-state index in [0.29, 0.717) is 11.6 Å². The zero-order chi connectivity index (χ0) is 48.3. The average Bonchev–Trinajstić information content (AvgIpc) is 3.96. The summed E-state index contributed by atoms with van der Waals surface area (Å²) in [6.07, 6.45) is 0. The Morgan fingerprint density at radius 3 is 0.904 bits per heavy atom. The summed E-state index contributed by atoms with van der Waals surface area (Å²) in [5.74, 6) is 1.40. The van der Waals surface area contributed by atoms with E-state index < -0.39 is 5.41 Å². The van der Waals surface area contributed by atoms with Crippen LogP contribution >= 0.6 is 0 Å². The highest BCUT2D eigenvalue weighted by Gasteiger charge is 2.51. The molecule has 1 spiro atoms. The van der Waals surface area contributed by atoms with Crippen LogP contribution in [0.3, 0.4) is 0 Å². The summed E-state index contributed by atoms with van der Waals surface area (Å²) in [5, 5.41) is 0. The Labute approximate surface area is 424 Å². The van der Waals surface area contributed by atoms with Crippen molar-refractivity contribution in [1.29, 1.82) is 0 Å². The summed E-state index contributed by atoms with van der Waals surface area (Å²) in [7, 11) is 0. The minimum Gasteiger partial charge on any atom is -0.228 e. The van der Waals surface area contributed by atoms with Crippen molar-refractivity contribution in [3.05, 3.63) is 289 Å². The molecule has 4 nitrogen and oxygen atoms in total. The molecule has 0 aliphatic heterocycles. The molecule has 0 unspecified atom stereocenters. The highest BCUT2D eigenvalue weighted by atomic mass is 14.9. The van der Waals surface area contributed by atoms with Gasteiger partial charge < -0.3 is 0 Å². The summed E-state index contributed by atoms with van der Waals surface area (Å²) < 4.78 is 0. The molecule has 10 aromatic carbocycles. The quantitative estimate of drug-likeness (QED) is 0.152. The standard InChI is InChI=1S/C69H44N4/c1-5-19-45(20-6-1)63-43-65(72-67(70-63)47-23-9-3-10-24-47)53-29-17-27-49(39-53)51-35-37-57-58-38-36-52(42-62(58)69(61(57)41-51)59-33-15-13-31-55(59)56-32-14-16-34-60(56)69)50-28-18-30-54(40-50)66-44-64(46-21-7-2-8-22-46)71-68(73-66)48-25-11-4-12-26-48/h1-44H. The fourth-order valence-corrected chi connectivity index (χ4v) is 11.4. The Kier molecular flexibility index (Phi) is 10.0. The molecule has 0 bridgehead atoms. The van der Waals surface area contributed by atoms with Gasteiger partial charge in [-0.15, -0.1) is 0 Å².